The third-order valence-electron chi connectivity index (χ3n) is 6.41. The summed E-state index contributed by atoms with van der Waals surface area (Å²) in [4.78, 5) is 32.7. The van der Waals surface area contributed by atoms with Crippen LogP contribution < -0.4 is 20.9 Å². The third kappa shape index (κ3) is 3.83. The van der Waals surface area contributed by atoms with Gasteiger partial charge in [0.05, 0.1) is 16.9 Å². The summed E-state index contributed by atoms with van der Waals surface area (Å²) in [6.07, 6.45) is 3.37. The number of anilines is 3. The highest BCUT2D eigenvalue weighted by Gasteiger charge is 2.39. The third-order valence-corrected chi connectivity index (χ3v) is 6.41. The van der Waals surface area contributed by atoms with Crippen molar-refractivity contribution in [3.05, 3.63) is 47.4 Å². The molecule has 2 aliphatic heterocycles. The molecular weight excluding hydrogens is 434 g/mol. The van der Waals surface area contributed by atoms with Crippen LogP contribution in [-0.4, -0.2) is 57.9 Å². The number of ether oxygens (including phenoxy) is 1. The topological polar surface area (TPSA) is 118 Å². The first-order valence-corrected chi connectivity index (χ1v) is 11.4. The van der Waals surface area contributed by atoms with Crippen molar-refractivity contribution in [2.45, 2.75) is 45.9 Å². The maximum absolute atomic E-state index is 12.2. The number of hydrogen-bond acceptors (Lipinski definition) is 8. The molecule has 3 N–H and O–H groups in total. The molecule has 1 amide bonds. The number of nitrogens with two attached hydrogens (primary N) is 1. The molecule has 5 heterocycles. The van der Waals surface area contributed by atoms with Crippen LogP contribution in [-0.2, 0) is 20.7 Å². The van der Waals surface area contributed by atoms with Crippen LogP contribution in [0.2, 0.25) is 0 Å². The number of carbonyl (C=O) groups excluding carboxylic acids is 2. The van der Waals surface area contributed by atoms with E-state index in [-0.39, 0.29) is 5.54 Å². The second kappa shape index (κ2) is 7.98. The zero-order valence-corrected chi connectivity index (χ0v) is 19.8. The second-order valence-corrected chi connectivity index (χ2v) is 9.66. The summed E-state index contributed by atoms with van der Waals surface area (Å²) in [5.41, 5.74) is 10.8. The van der Waals surface area contributed by atoms with Gasteiger partial charge in [-0.3, -0.25) is 9.69 Å². The summed E-state index contributed by atoms with van der Waals surface area (Å²) in [5, 5.41) is 8.03. The largest absolute Gasteiger partial charge is 0.434 e. The fourth-order valence-electron chi connectivity index (χ4n) is 4.98. The summed E-state index contributed by atoms with van der Waals surface area (Å²) >= 11 is 0. The number of pyridine rings is 2. The Labute approximate surface area is 197 Å². The van der Waals surface area contributed by atoms with Crippen LogP contribution in [0.25, 0.3) is 5.52 Å². The highest BCUT2D eigenvalue weighted by atomic mass is 16.6. The van der Waals surface area contributed by atoms with Gasteiger partial charge in [-0.25, -0.2) is 14.3 Å². The van der Waals surface area contributed by atoms with Gasteiger partial charge in [0.15, 0.2) is 6.23 Å². The van der Waals surface area contributed by atoms with Crippen LogP contribution in [0.5, 0.6) is 0 Å². The van der Waals surface area contributed by atoms with Gasteiger partial charge in [-0.05, 0) is 51.5 Å². The van der Waals surface area contributed by atoms with Gasteiger partial charge >= 0.3 is 11.9 Å². The van der Waals surface area contributed by atoms with Crippen molar-refractivity contribution in [2.75, 3.05) is 29.4 Å². The summed E-state index contributed by atoms with van der Waals surface area (Å²) in [5.74, 6) is -1.47. The maximum Gasteiger partial charge on any atom is 0.398 e. The van der Waals surface area contributed by atoms with Crippen LogP contribution in [0.3, 0.4) is 0 Å². The number of nitrogens with zero attached hydrogens (tertiary/aromatic N) is 5. The lowest BCUT2D eigenvalue weighted by molar-refractivity contribution is -0.157. The fourth-order valence-corrected chi connectivity index (χ4v) is 4.98. The SMILES string of the molecule is Cc1cc2cc(N3c4nccc(N5CCNC(C)(C)C5)c4CC3OC(=O)C(N)=O)c(C)cn2n1. The van der Waals surface area contributed by atoms with Gasteiger partial charge in [-0.15, -0.1) is 0 Å². The first kappa shape index (κ1) is 22.1. The molecule has 10 heteroatoms. The number of aromatic nitrogens is 3. The van der Waals surface area contributed by atoms with Gasteiger partial charge in [0.1, 0.15) is 5.82 Å². The van der Waals surface area contributed by atoms with E-state index in [2.05, 4.69) is 29.2 Å². The Kier molecular flexibility index (Phi) is 5.20. The molecule has 1 unspecified atom stereocenters. The molecule has 1 fully saturated rings. The first-order chi connectivity index (χ1) is 16.1. The molecule has 178 valence electrons. The van der Waals surface area contributed by atoms with E-state index < -0.39 is 18.1 Å². The Morgan fingerprint density at radius 1 is 1.24 bits per heavy atom. The molecule has 0 aliphatic carbocycles. The van der Waals surface area contributed by atoms with Gasteiger partial charge in [0.25, 0.3) is 0 Å². The molecule has 3 aromatic heterocycles. The molecule has 0 saturated carbocycles. The number of aryl methyl sites for hydroxylation is 2. The minimum atomic E-state index is -1.12. The van der Waals surface area contributed by atoms with Crippen LogP contribution >= 0.6 is 0 Å². The van der Waals surface area contributed by atoms with Crippen molar-refractivity contribution in [3.8, 4) is 0 Å². The van der Waals surface area contributed by atoms with Crippen LogP contribution in [0.1, 0.15) is 30.7 Å². The maximum atomic E-state index is 12.2. The quantitative estimate of drug-likeness (QED) is 0.444. The lowest BCUT2D eigenvalue weighted by atomic mass is 10.0. The number of esters is 1. The predicted octanol–water partition coefficient (Wildman–Crippen LogP) is 1.58. The van der Waals surface area contributed by atoms with Crippen molar-refractivity contribution in [1.82, 2.24) is 19.9 Å². The standard InChI is InChI=1S/C24H29N7O3/c1-14-12-30-16(9-15(2)28-30)10-19(14)31-20(34-23(33)21(25)32)11-17-18(5-6-26-22(17)31)29-8-7-27-24(3,4)13-29/h5-6,9-10,12,20,27H,7-8,11,13H2,1-4H3,(H2,25,32). The van der Waals surface area contributed by atoms with E-state index in [1.54, 1.807) is 6.20 Å². The first-order valence-electron chi connectivity index (χ1n) is 11.4. The number of carbonyl (C=O) groups is 2. The molecule has 0 aromatic carbocycles. The monoisotopic (exact) mass is 463 g/mol. The minimum Gasteiger partial charge on any atom is -0.434 e. The zero-order chi connectivity index (χ0) is 24.2. The number of primary amides is 1. The van der Waals surface area contributed by atoms with E-state index in [4.69, 9.17) is 15.5 Å². The van der Waals surface area contributed by atoms with Gasteiger partial charge in [-0.2, -0.15) is 5.10 Å². The van der Waals surface area contributed by atoms with Crippen molar-refractivity contribution in [2.24, 2.45) is 5.73 Å². The Balaban J connectivity index is 1.62. The molecule has 0 spiro atoms. The Bertz CT molecular complexity index is 1300. The van der Waals surface area contributed by atoms with Crippen LogP contribution in [0.4, 0.5) is 17.2 Å². The molecule has 0 radical (unpaired) electrons. The van der Waals surface area contributed by atoms with E-state index in [9.17, 15) is 9.59 Å². The predicted molar refractivity (Wildman–Crippen MR) is 128 cm³/mol. The van der Waals surface area contributed by atoms with E-state index in [0.717, 1.165) is 53.3 Å². The average Bonchev–Trinajstić information content (AvgIpc) is 3.30. The Hall–Kier alpha value is -3.66. The number of piperazine rings is 1. The van der Waals surface area contributed by atoms with Crippen molar-refractivity contribution in [1.29, 1.82) is 0 Å². The number of hydrogen-bond donors (Lipinski definition) is 2. The summed E-state index contributed by atoms with van der Waals surface area (Å²) < 4.78 is 7.42. The van der Waals surface area contributed by atoms with Gasteiger partial charge < -0.3 is 20.7 Å². The van der Waals surface area contributed by atoms with E-state index in [0.29, 0.717) is 12.2 Å². The average molecular weight is 464 g/mol. The number of nitrogens with one attached hydrogen (secondary N) is 1. The van der Waals surface area contributed by atoms with Crippen molar-refractivity contribution in [3.63, 3.8) is 0 Å². The van der Waals surface area contributed by atoms with E-state index in [1.807, 2.05) is 47.7 Å². The number of rotatable bonds is 3. The highest BCUT2D eigenvalue weighted by Crippen LogP contribution is 2.43. The minimum absolute atomic E-state index is 0.0357. The molecule has 5 rings (SSSR count). The lowest BCUT2D eigenvalue weighted by Crippen LogP contribution is -2.57. The summed E-state index contributed by atoms with van der Waals surface area (Å²) in [6.45, 7) is 10.8. The normalized spacial score (nSPS) is 19.4. The smallest absolute Gasteiger partial charge is 0.398 e. The van der Waals surface area contributed by atoms with E-state index >= 15 is 0 Å². The highest BCUT2D eigenvalue weighted by molar-refractivity contribution is 6.31. The molecule has 3 aromatic rings. The number of amides is 1. The molecular formula is C24H29N7O3. The molecule has 1 saturated heterocycles. The number of fused-ring (bicyclic) bond motifs is 2. The van der Waals surface area contributed by atoms with Crippen LogP contribution in [0.15, 0.2) is 30.6 Å². The van der Waals surface area contributed by atoms with Gasteiger partial charge in [-0.1, -0.05) is 0 Å². The summed E-state index contributed by atoms with van der Waals surface area (Å²) in [6, 6.07) is 5.99. The summed E-state index contributed by atoms with van der Waals surface area (Å²) in [7, 11) is 0. The second-order valence-electron chi connectivity index (χ2n) is 9.66. The van der Waals surface area contributed by atoms with Crippen molar-refractivity contribution < 1.29 is 14.3 Å². The fraction of sp³-hybridized carbons (Fsp3) is 0.417. The zero-order valence-electron chi connectivity index (χ0n) is 19.8. The lowest BCUT2D eigenvalue weighted by Gasteiger charge is -2.41. The van der Waals surface area contributed by atoms with Crippen LogP contribution in [0, 0.1) is 13.8 Å². The Morgan fingerprint density at radius 2 is 2.03 bits per heavy atom. The molecule has 1 atom stereocenters. The van der Waals surface area contributed by atoms with E-state index in [1.165, 1.54) is 0 Å². The van der Waals surface area contributed by atoms with Crippen molar-refractivity contribution >= 4 is 34.6 Å². The van der Waals surface area contributed by atoms with Gasteiger partial charge in [0, 0.05) is 55.2 Å². The molecule has 2 aliphatic rings. The Morgan fingerprint density at radius 3 is 2.76 bits per heavy atom. The molecule has 0 bridgehead atoms. The van der Waals surface area contributed by atoms with Gasteiger partial charge in [0.2, 0.25) is 0 Å². The molecule has 10 nitrogen and oxygen atoms in total. The molecule has 34 heavy (non-hydrogen) atoms.